The zero-order chi connectivity index (χ0) is 14.7. The molecule has 1 aliphatic rings. The number of amides is 1. The van der Waals surface area contributed by atoms with E-state index in [0.717, 1.165) is 24.9 Å². The summed E-state index contributed by atoms with van der Waals surface area (Å²) in [6, 6.07) is 7.49. The Morgan fingerprint density at radius 2 is 2.00 bits per heavy atom. The SMILES string of the molecule is CC(C)C(C(=O)N1CCC[C@H](O)C1)c1ccc(Cl)cc1. The molecule has 2 atom stereocenters. The molecule has 0 saturated carbocycles. The van der Waals surface area contributed by atoms with Crippen molar-refractivity contribution in [3.63, 3.8) is 0 Å². The van der Waals surface area contributed by atoms with Crippen LogP contribution < -0.4 is 0 Å². The van der Waals surface area contributed by atoms with E-state index in [2.05, 4.69) is 13.8 Å². The van der Waals surface area contributed by atoms with Crippen LogP contribution in [0.3, 0.4) is 0 Å². The standard InChI is InChI=1S/C16H22ClNO2/c1-11(2)15(12-5-7-13(17)8-6-12)16(20)18-9-3-4-14(19)10-18/h5-8,11,14-15,19H,3-4,9-10H2,1-2H3/t14-,15?/m0/s1. The fourth-order valence-electron chi connectivity index (χ4n) is 2.83. The van der Waals surface area contributed by atoms with Crippen molar-refractivity contribution in [2.24, 2.45) is 5.92 Å². The van der Waals surface area contributed by atoms with Gasteiger partial charge in [0.2, 0.25) is 5.91 Å². The van der Waals surface area contributed by atoms with Gasteiger partial charge >= 0.3 is 0 Å². The maximum absolute atomic E-state index is 12.8. The lowest BCUT2D eigenvalue weighted by Gasteiger charge is -2.34. The molecule has 1 aromatic rings. The number of piperidine rings is 1. The van der Waals surface area contributed by atoms with Gasteiger partial charge in [-0.2, -0.15) is 0 Å². The van der Waals surface area contributed by atoms with Crippen LogP contribution >= 0.6 is 11.6 Å². The Morgan fingerprint density at radius 1 is 1.35 bits per heavy atom. The van der Waals surface area contributed by atoms with Crippen molar-refractivity contribution in [2.45, 2.75) is 38.7 Å². The van der Waals surface area contributed by atoms with Gasteiger partial charge in [-0.3, -0.25) is 4.79 Å². The molecule has 2 rings (SSSR count). The molecule has 1 amide bonds. The zero-order valence-corrected chi connectivity index (χ0v) is 12.8. The number of β-amino-alcohol motifs (C(OH)–C–C–N with tert-alkyl or cyclic N) is 1. The van der Waals surface area contributed by atoms with Crippen molar-refractivity contribution in [1.82, 2.24) is 4.90 Å². The fraction of sp³-hybridized carbons (Fsp3) is 0.562. The molecule has 1 N–H and O–H groups in total. The van der Waals surface area contributed by atoms with E-state index >= 15 is 0 Å². The van der Waals surface area contributed by atoms with E-state index in [9.17, 15) is 9.90 Å². The maximum atomic E-state index is 12.8. The monoisotopic (exact) mass is 295 g/mol. The summed E-state index contributed by atoms with van der Waals surface area (Å²) in [7, 11) is 0. The van der Waals surface area contributed by atoms with Gasteiger partial charge in [-0.1, -0.05) is 37.6 Å². The summed E-state index contributed by atoms with van der Waals surface area (Å²) in [4.78, 5) is 14.6. The predicted molar refractivity (Wildman–Crippen MR) is 80.9 cm³/mol. The van der Waals surface area contributed by atoms with Gasteiger partial charge in [0, 0.05) is 18.1 Å². The minimum Gasteiger partial charge on any atom is -0.391 e. The molecule has 1 aliphatic heterocycles. The van der Waals surface area contributed by atoms with Crippen LogP contribution in [-0.4, -0.2) is 35.1 Å². The van der Waals surface area contributed by atoms with Crippen LogP contribution in [-0.2, 0) is 4.79 Å². The second kappa shape index (κ2) is 6.59. The van der Waals surface area contributed by atoms with Gasteiger partial charge in [0.05, 0.1) is 12.0 Å². The van der Waals surface area contributed by atoms with E-state index < -0.39 is 0 Å². The lowest BCUT2D eigenvalue weighted by molar-refractivity contribution is -0.136. The first kappa shape index (κ1) is 15.3. The first-order chi connectivity index (χ1) is 9.49. The maximum Gasteiger partial charge on any atom is 0.230 e. The normalized spacial score (nSPS) is 21.1. The van der Waals surface area contributed by atoms with Crippen LogP contribution in [0.1, 0.15) is 38.2 Å². The average molecular weight is 296 g/mol. The molecule has 1 aromatic carbocycles. The van der Waals surface area contributed by atoms with E-state index in [1.807, 2.05) is 24.3 Å². The number of benzene rings is 1. The molecule has 0 aromatic heterocycles. The van der Waals surface area contributed by atoms with Crippen LogP contribution in [0.5, 0.6) is 0 Å². The minimum absolute atomic E-state index is 0.112. The summed E-state index contributed by atoms with van der Waals surface area (Å²) in [5.41, 5.74) is 0.995. The van der Waals surface area contributed by atoms with Crippen LogP contribution in [0, 0.1) is 5.92 Å². The molecule has 1 saturated heterocycles. The molecule has 1 unspecified atom stereocenters. The largest absolute Gasteiger partial charge is 0.391 e. The number of halogens is 1. The number of hydrogen-bond acceptors (Lipinski definition) is 2. The quantitative estimate of drug-likeness (QED) is 0.931. The Morgan fingerprint density at radius 3 is 2.55 bits per heavy atom. The lowest BCUT2D eigenvalue weighted by atomic mass is 9.86. The van der Waals surface area contributed by atoms with Crippen LogP contribution in [0.4, 0.5) is 0 Å². The van der Waals surface area contributed by atoms with Crippen molar-refractivity contribution in [3.8, 4) is 0 Å². The van der Waals surface area contributed by atoms with Crippen molar-refractivity contribution in [3.05, 3.63) is 34.9 Å². The summed E-state index contributed by atoms with van der Waals surface area (Å²) in [5, 5.41) is 10.4. The second-order valence-corrected chi connectivity index (χ2v) is 6.29. The molecular formula is C16H22ClNO2. The van der Waals surface area contributed by atoms with Gasteiger partial charge in [-0.05, 0) is 36.5 Å². The van der Waals surface area contributed by atoms with E-state index in [4.69, 9.17) is 11.6 Å². The van der Waals surface area contributed by atoms with Gasteiger partial charge in [-0.25, -0.2) is 0 Å². The van der Waals surface area contributed by atoms with Gasteiger partial charge in [-0.15, -0.1) is 0 Å². The van der Waals surface area contributed by atoms with E-state index in [-0.39, 0.29) is 23.8 Å². The smallest absolute Gasteiger partial charge is 0.230 e. The van der Waals surface area contributed by atoms with E-state index in [1.165, 1.54) is 0 Å². The Bertz CT molecular complexity index is 458. The summed E-state index contributed by atoms with van der Waals surface area (Å²) in [6.45, 7) is 5.30. The second-order valence-electron chi connectivity index (χ2n) is 5.85. The molecule has 1 heterocycles. The molecule has 0 bridgehead atoms. The van der Waals surface area contributed by atoms with Gasteiger partial charge in [0.1, 0.15) is 0 Å². The van der Waals surface area contributed by atoms with Crippen molar-refractivity contribution < 1.29 is 9.90 Å². The Hall–Kier alpha value is -1.06. The third-order valence-electron chi connectivity index (χ3n) is 3.87. The number of hydrogen-bond donors (Lipinski definition) is 1. The number of carbonyl (C=O) groups excluding carboxylic acids is 1. The Kier molecular flexibility index (Phi) is 5.06. The predicted octanol–water partition coefficient (Wildman–Crippen LogP) is 3.06. The molecule has 0 spiro atoms. The third kappa shape index (κ3) is 3.53. The molecule has 110 valence electrons. The first-order valence-electron chi connectivity index (χ1n) is 7.21. The first-order valence-corrected chi connectivity index (χ1v) is 7.59. The number of likely N-dealkylation sites (tertiary alicyclic amines) is 1. The summed E-state index contributed by atoms with van der Waals surface area (Å²) in [5.74, 6) is 0.154. The van der Waals surface area contributed by atoms with Crippen molar-refractivity contribution in [2.75, 3.05) is 13.1 Å². The highest BCUT2D eigenvalue weighted by Crippen LogP contribution is 2.29. The van der Waals surface area contributed by atoms with Gasteiger partial charge in [0.25, 0.3) is 0 Å². The number of aliphatic hydroxyl groups is 1. The van der Waals surface area contributed by atoms with E-state index in [0.29, 0.717) is 11.6 Å². The van der Waals surface area contributed by atoms with Gasteiger partial charge < -0.3 is 10.0 Å². The van der Waals surface area contributed by atoms with Crippen LogP contribution in [0.15, 0.2) is 24.3 Å². The third-order valence-corrected chi connectivity index (χ3v) is 4.12. The molecule has 4 heteroatoms. The number of carbonyl (C=O) groups is 1. The van der Waals surface area contributed by atoms with E-state index in [1.54, 1.807) is 4.90 Å². The van der Waals surface area contributed by atoms with Crippen molar-refractivity contribution in [1.29, 1.82) is 0 Å². The summed E-state index contributed by atoms with van der Waals surface area (Å²) < 4.78 is 0. The fourth-order valence-corrected chi connectivity index (χ4v) is 2.96. The molecule has 3 nitrogen and oxygen atoms in total. The van der Waals surface area contributed by atoms with Crippen molar-refractivity contribution >= 4 is 17.5 Å². The molecule has 1 fully saturated rings. The number of rotatable bonds is 3. The molecule has 20 heavy (non-hydrogen) atoms. The number of nitrogens with zero attached hydrogens (tertiary/aromatic N) is 1. The Labute approximate surface area is 125 Å². The Balaban J connectivity index is 2.19. The highest BCUT2D eigenvalue weighted by atomic mass is 35.5. The molecule has 0 aliphatic carbocycles. The van der Waals surface area contributed by atoms with Crippen LogP contribution in [0.2, 0.25) is 5.02 Å². The topological polar surface area (TPSA) is 40.5 Å². The summed E-state index contributed by atoms with van der Waals surface area (Å²) >= 11 is 5.91. The number of aliphatic hydroxyl groups excluding tert-OH is 1. The van der Waals surface area contributed by atoms with Gasteiger partial charge in [0.15, 0.2) is 0 Å². The minimum atomic E-state index is -0.384. The highest BCUT2D eigenvalue weighted by molar-refractivity contribution is 6.30. The zero-order valence-electron chi connectivity index (χ0n) is 12.1. The lowest BCUT2D eigenvalue weighted by Crippen LogP contribution is -2.45. The van der Waals surface area contributed by atoms with Crippen LogP contribution in [0.25, 0.3) is 0 Å². The molecular weight excluding hydrogens is 274 g/mol. The highest BCUT2D eigenvalue weighted by Gasteiger charge is 2.31. The average Bonchev–Trinajstić information content (AvgIpc) is 2.41. The summed E-state index contributed by atoms with van der Waals surface area (Å²) in [6.07, 6.45) is 1.28. The molecule has 0 radical (unpaired) electrons.